The molecule has 0 aliphatic heterocycles. The molecule has 7 nitrogen and oxygen atoms in total. The molecule has 31 heavy (non-hydrogen) atoms. The van der Waals surface area contributed by atoms with Gasteiger partial charge in [-0.15, -0.1) is 0 Å². The standard InChI is InChI=1S/C24H23N5O2/c1-12-7-10-18(30)13(2)21(12)29-22(25)19(23(26)31)20-24(29)28-16-9-8-15(11-17(16)27-20)14-5-3-4-6-14/h5,7-11,30H,3-4,6,25H2,1-2H3,(H2,26,31). The second-order valence-electron chi connectivity index (χ2n) is 8.06. The highest BCUT2D eigenvalue weighted by Gasteiger charge is 2.25. The van der Waals surface area contributed by atoms with Crippen molar-refractivity contribution in [3.63, 3.8) is 0 Å². The molecule has 2 aromatic heterocycles. The van der Waals surface area contributed by atoms with Crippen LogP contribution in [0.1, 0.15) is 46.3 Å². The maximum Gasteiger partial charge on any atom is 0.254 e. The lowest BCUT2D eigenvalue weighted by Crippen LogP contribution is -2.14. The van der Waals surface area contributed by atoms with Crippen LogP contribution < -0.4 is 11.5 Å². The number of rotatable bonds is 3. The fourth-order valence-corrected chi connectivity index (χ4v) is 4.49. The first kappa shape index (κ1) is 19.1. The number of aromatic hydroxyl groups is 1. The van der Waals surface area contributed by atoms with Gasteiger partial charge >= 0.3 is 0 Å². The van der Waals surface area contributed by atoms with E-state index in [2.05, 4.69) is 12.1 Å². The van der Waals surface area contributed by atoms with E-state index in [1.165, 1.54) is 5.57 Å². The van der Waals surface area contributed by atoms with Crippen LogP contribution in [0.15, 0.2) is 36.4 Å². The quantitative estimate of drug-likeness (QED) is 0.466. The molecule has 0 unspecified atom stereocenters. The second kappa shape index (κ2) is 6.84. The van der Waals surface area contributed by atoms with Crippen LogP contribution in [0.2, 0.25) is 0 Å². The molecule has 2 heterocycles. The number of fused-ring (bicyclic) bond motifs is 2. The summed E-state index contributed by atoms with van der Waals surface area (Å²) in [5.41, 5.74) is 19.0. The van der Waals surface area contributed by atoms with Crippen molar-refractivity contribution in [1.29, 1.82) is 0 Å². The highest BCUT2D eigenvalue weighted by atomic mass is 16.3. The Kier molecular flexibility index (Phi) is 4.22. The third kappa shape index (κ3) is 2.84. The van der Waals surface area contributed by atoms with Gasteiger partial charge in [0.05, 0.1) is 16.7 Å². The van der Waals surface area contributed by atoms with Crippen LogP contribution in [-0.4, -0.2) is 25.5 Å². The normalized spacial score (nSPS) is 13.8. The number of nitrogen functional groups attached to an aromatic ring is 1. The first-order valence-electron chi connectivity index (χ1n) is 10.3. The number of phenolic OH excluding ortho intramolecular Hbond substituents is 1. The molecule has 0 fully saturated rings. The van der Waals surface area contributed by atoms with E-state index in [1.54, 1.807) is 23.6 Å². The summed E-state index contributed by atoms with van der Waals surface area (Å²) in [7, 11) is 0. The maximum atomic E-state index is 12.3. The summed E-state index contributed by atoms with van der Waals surface area (Å²) >= 11 is 0. The molecule has 7 heteroatoms. The number of phenols is 1. The molecule has 0 saturated carbocycles. The van der Waals surface area contributed by atoms with E-state index in [4.69, 9.17) is 21.4 Å². The van der Waals surface area contributed by atoms with Crippen LogP contribution in [0, 0.1) is 13.8 Å². The minimum absolute atomic E-state index is 0.130. The van der Waals surface area contributed by atoms with E-state index < -0.39 is 5.91 Å². The van der Waals surface area contributed by atoms with Crippen molar-refractivity contribution >= 4 is 39.5 Å². The van der Waals surface area contributed by atoms with Crippen LogP contribution in [0.4, 0.5) is 5.82 Å². The number of aromatic nitrogens is 3. The number of hydrogen-bond acceptors (Lipinski definition) is 5. The number of nitrogens with two attached hydrogens (primary N) is 2. The van der Waals surface area contributed by atoms with Crippen molar-refractivity contribution in [3.8, 4) is 11.4 Å². The molecule has 2 aromatic carbocycles. The average molecular weight is 413 g/mol. The molecular formula is C24H23N5O2. The molecule has 0 radical (unpaired) electrons. The Hall–Kier alpha value is -3.87. The maximum absolute atomic E-state index is 12.3. The molecule has 4 aromatic rings. The molecule has 5 rings (SSSR count). The summed E-state index contributed by atoms with van der Waals surface area (Å²) in [5.74, 6) is -0.376. The number of carbonyl (C=O) groups is 1. The zero-order chi connectivity index (χ0) is 21.9. The highest BCUT2D eigenvalue weighted by Crippen LogP contribution is 2.36. The third-order valence-electron chi connectivity index (χ3n) is 6.08. The van der Waals surface area contributed by atoms with Crippen LogP contribution in [0.5, 0.6) is 5.75 Å². The molecule has 1 aliphatic carbocycles. The molecular weight excluding hydrogens is 390 g/mol. The van der Waals surface area contributed by atoms with Gasteiger partial charge in [-0.1, -0.05) is 18.2 Å². The number of benzene rings is 2. The second-order valence-corrected chi connectivity index (χ2v) is 8.06. The summed E-state index contributed by atoms with van der Waals surface area (Å²) in [6.45, 7) is 3.70. The van der Waals surface area contributed by atoms with E-state index in [-0.39, 0.29) is 17.1 Å². The Morgan fingerprint density at radius 2 is 1.94 bits per heavy atom. The molecule has 156 valence electrons. The Morgan fingerprint density at radius 3 is 2.65 bits per heavy atom. The summed E-state index contributed by atoms with van der Waals surface area (Å²) in [6.07, 6.45) is 5.55. The van der Waals surface area contributed by atoms with E-state index >= 15 is 0 Å². The summed E-state index contributed by atoms with van der Waals surface area (Å²) in [5, 5.41) is 10.3. The first-order valence-corrected chi connectivity index (χ1v) is 10.3. The number of amides is 1. The number of primary amides is 1. The molecule has 0 saturated heterocycles. The van der Waals surface area contributed by atoms with Gasteiger partial charge in [0, 0.05) is 5.56 Å². The minimum atomic E-state index is -0.667. The number of anilines is 1. The Balaban J connectivity index is 1.86. The lowest BCUT2D eigenvalue weighted by atomic mass is 10.0. The van der Waals surface area contributed by atoms with Crippen molar-refractivity contribution in [1.82, 2.24) is 14.5 Å². The van der Waals surface area contributed by atoms with Gasteiger partial charge in [0.15, 0.2) is 5.65 Å². The van der Waals surface area contributed by atoms with Crippen molar-refractivity contribution in [2.24, 2.45) is 5.73 Å². The topological polar surface area (TPSA) is 120 Å². The number of nitrogens with zero attached hydrogens (tertiary/aromatic N) is 3. The Morgan fingerprint density at radius 1 is 1.13 bits per heavy atom. The van der Waals surface area contributed by atoms with Gasteiger partial charge in [0.25, 0.3) is 5.91 Å². The number of carbonyl (C=O) groups excluding carboxylic acids is 1. The van der Waals surface area contributed by atoms with Gasteiger partial charge in [-0.05, 0) is 68.0 Å². The van der Waals surface area contributed by atoms with Crippen LogP contribution in [-0.2, 0) is 0 Å². The van der Waals surface area contributed by atoms with Crippen molar-refractivity contribution in [2.75, 3.05) is 5.73 Å². The number of hydrogen-bond donors (Lipinski definition) is 3. The zero-order valence-corrected chi connectivity index (χ0v) is 17.4. The monoisotopic (exact) mass is 413 g/mol. The molecule has 5 N–H and O–H groups in total. The van der Waals surface area contributed by atoms with E-state index in [0.717, 1.165) is 30.4 Å². The summed E-state index contributed by atoms with van der Waals surface area (Å²) in [4.78, 5) is 21.9. The summed E-state index contributed by atoms with van der Waals surface area (Å²) < 4.78 is 1.67. The van der Waals surface area contributed by atoms with Gasteiger partial charge in [-0.2, -0.15) is 0 Å². The smallest absolute Gasteiger partial charge is 0.254 e. The predicted octanol–water partition coefficient (Wildman–Crippen LogP) is 4.14. The van der Waals surface area contributed by atoms with Crippen molar-refractivity contribution in [2.45, 2.75) is 33.1 Å². The molecule has 0 atom stereocenters. The lowest BCUT2D eigenvalue weighted by molar-refractivity contribution is 0.100. The third-order valence-corrected chi connectivity index (χ3v) is 6.08. The van der Waals surface area contributed by atoms with E-state index in [1.807, 2.05) is 19.1 Å². The Labute approximate surface area is 179 Å². The van der Waals surface area contributed by atoms with Gasteiger partial charge in [-0.3, -0.25) is 9.36 Å². The van der Waals surface area contributed by atoms with Gasteiger partial charge in [-0.25, -0.2) is 9.97 Å². The van der Waals surface area contributed by atoms with Gasteiger partial charge in [0.1, 0.15) is 22.6 Å². The fraction of sp³-hybridized carbons (Fsp3) is 0.208. The van der Waals surface area contributed by atoms with Crippen LogP contribution in [0.25, 0.3) is 33.5 Å². The predicted molar refractivity (Wildman–Crippen MR) is 122 cm³/mol. The van der Waals surface area contributed by atoms with Crippen molar-refractivity contribution in [3.05, 3.63) is 58.7 Å². The van der Waals surface area contributed by atoms with E-state index in [9.17, 15) is 9.90 Å². The molecule has 1 aliphatic rings. The molecule has 1 amide bonds. The largest absolute Gasteiger partial charge is 0.508 e. The Bertz CT molecular complexity index is 1430. The molecule has 0 spiro atoms. The summed E-state index contributed by atoms with van der Waals surface area (Å²) in [6, 6.07) is 9.42. The minimum Gasteiger partial charge on any atom is -0.508 e. The van der Waals surface area contributed by atoms with Crippen LogP contribution >= 0.6 is 0 Å². The van der Waals surface area contributed by atoms with E-state index in [0.29, 0.717) is 33.4 Å². The van der Waals surface area contributed by atoms with Crippen LogP contribution in [0.3, 0.4) is 0 Å². The fourth-order valence-electron chi connectivity index (χ4n) is 4.49. The first-order chi connectivity index (χ1) is 14.9. The average Bonchev–Trinajstić information content (AvgIpc) is 3.36. The SMILES string of the molecule is Cc1ccc(O)c(C)c1-n1c(N)c(C(N)=O)c2nc3cc(C4=CCCC4)ccc3nc21. The lowest BCUT2D eigenvalue weighted by Gasteiger charge is -2.15. The highest BCUT2D eigenvalue weighted by molar-refractivity contribution is 6.10. The zero-order valence-electron chi connectivity index (χ0n) is 17.4. The van der Waals surface area contributed by atoms with Gasteiger partial charge in [0.2, 0.25) is 0 Å². The van der Waals surface area contributed by atoms with Gasteiger partial charge < -0.3 is 16.6 Å². The number of allylic oxidation sites excluding steroid dienone is 2. The van der Waals surface area contributed by atoms with Crippen molar-refractivity contribution < 1.29 is 9.90 Å². The molecule has 0 bridgehead atoms. The number of aryl methyl sites for hydroxylation is 1.